The van der Waals surface area contributed by atoms with Crippen molar-refractivity contribution in [2.75, 3.05) is 13.1 Å². The summed E-state index contributed by atoms with van der Waals surface area (Å²) in [4.78, 5) is 0. The number of aryl methyl sites for hydroxylation is 1. The molecule has 2 nitrogen and oxygen atoms in total. The minimum absolute atomic E-state index is 0.345. The summed E-state index contributed by atoms with van der Waals surface area (Å²) in [6.45, 7) is 5.57. The Balaban J connectivity index is 2.59. The monoisotopic (exact) mass is 227 g/mol. The van der Waals surface area contributed by atoms with E-state index in [9.17, 15) is 5.11 Å². The van der Waals surface area contributed by atoms with Gasteiger partial charge in [-0.15, -0.1) is 0 Å². The third-order valence-corrected chi connectivity index (χ3v) is 2.63. The van der Waals surface area contributed by atoms with E-state index in [4.69, 9.17) is 11.6 Å². The van der Waals surface area contributed by atoms with Crippen molar-refractivity contribution in [3.63, 3.8) is 0 Å². The normalized spacial score (nSPS) is 12.8. The van der Waals surface area contributed by atoms with E-state index < -0.39 is 0 Å². The van der Waals surface area contributed by atoms with E-state index in [0.717, 1.165) is 17.1 Å². The van der Waals surface area contributed by atoms with Crippen molar-refractivity contribution in [2.45, 2.75) is 26.4 Å². The highest BCUT2D eigenvalue weighted by molar-refractivity contribution is 6.30. The zero-order valence-corrected chi connectivity index (χ0v) is 10.0. The molecule has 2 N–H and O–H groups in total. The molecule has 0 saturated carbocycles. The zero-order valence-electron chi connectivity index (χ0n) is 9.26. The quantitative estimate of drug-likeness (QED) is 0.808. The van der Waals surface area contributed by atoms with E-state index in [1.54, 1.807) is 0 Å². The molecule has 1 aromatic rings. The van der Waals surface area contributed by atoms with Gasteiger partial charge in [0.05, 0.1) is 6.10 Å². The summed E-state index contributed by atoms with van der Waals surface area (Å²) in [5.41, 5.74) is 2.29. The molecule has 1 aromatic carbocycles. The molecule has 3 heteroatoms. The van der Waals surface area contributed by atoms with Gasteiger partial charge in [-0.25, -0.2) is 0 Å². The van der Waals surface area contributed by atoms with Crippen molar-refractivity contribution in [2.24, 2.45) is 0 Å². The van der Waals surface area contributed by atoms with Crippen LogP contribution in [0.5, 0.6) is 0 Å². The summed E-state index contributed by atoms with van der Waals surface area (Å²) >= 11 is 5.91. The van der Waals surface area contributed by atoms with Gasteiger partial charge in [-0.1, -0.05) is 24.6 Å². The van der Waals surface area contributed by atoms with Crippen LogP contribution in [0.3, 0.4) is 0 Å². The van der Waals surface area contributed by atoms with E-state index in [0.29, 0.717) is 13.0 Å². The average Bonchev–Trinajstić information content (AvgIpc) is 2.20. The maximum absolute atomic E-state index is 9.74. The molecule has 15 heavy (non-hydrogen) atoms. The third kappa shape index (κ3) is 4.20. The van der Waals surface area contributed by atoms with E-state index >= 15 is 0 Å². The Kier molecular flexibility index (Phi) is 5.09. The molecule has 84 valence electrons. The van der Waals surface area contributed by atoms with Gasteiger partial charge in [0.25, 0.3) is 0 Å². The third-order valence-electron chi connectivity index (χ3n) is 2.40. The van der Waals surface area contributed by atoms with Gasteiger partial charge < -0.3 is 10.4 Å². The van der Waals surface area contributed by atoms with Crippen molar-refractivity contribution in [3.05, 3.63) is 34.3 Å². The lowest BCUT2D eigenvalue weighted by molar-refractivity contribution is 0.172. The van der Waals surface area contributed by atoms with Crippen LogP contribution in [0.15, 0.2) is 18.2 Å². The van der Waals surface area contributed by atoms with E-state index in [1.807, 2.05) is 32.0 Å². The van der Waals surface area contributed by atoms with Gasteiger partial charge in [0.15, 0.2) is 0 Å². The Bertz CT molecular complexity index is 314. The first-order valence-electron chi connectivity index (χ1n) is 5.27. The van der Waals surface area contributed by atoms with E-state index in [1.165, 1.54) is 5.56 Å². The first-order chi connectivity index (χ1) is 7.13. The standard InChI is InChI=1S/C12H18ClNO/c1-3-14-8-12(15)7-10-6-11(13)5-4-9(10)2/h4-6,12,14-15H,3,7-8H2,1-2H3. The predicted molar refractivity (Wildman–Crippen MR) is 64.4 cm³/mol. The Morgan fingerprint density at radius 3 is 2.87 bits per heavy atom. The Hall–Kier alpha value is -0.570. The molecule has 0 aliphatic carbocycles. The summed E-state index contributed by atoms with van der Waals surface area (Å²) in [5.74, 6) is 0. The van der Waals surface area contributed by atoms with Gasteiger partial charge in [-0.05, 0) is 43.1 Å². The molecule has 0 aromatic heterocycles. The summed E-state index contributed by atoms with van der Waals surface area (Å²) in [6.07, 6.45) is 0.307. The van der Waals surface area contributed by atoms with Gasteiger partial charge in [-0.2, -0.15) is 0 Å². The molecule has 0 amide bonds. The lowest BCUT2D eigenvalue weighted by Crippen LogP contribution is -2.28. The van der Waals surface area contributed by atoms with Crippen LogP contribution >= 0.6 is 11.6 Å². The molecule has 0 fully saturated rings. The van der Waals surface area contributed by atoms with E-state index in [-0.39, 0.29) is 6.10 Å². The first-order valence-corrected chi connectivity index (χ1v) is 5.65. The highest BCUT2D eigenvalue weighted by Gasteiger charge is 2.07. The second kappa shape index (κ2) is 6.11. The van der Waals surface area contributed by atoms with Crippen molar-refractivity contribution in [1.82, 2.24) is 5.32 Å². The van der Waals surface area contributed by atoms with Crippen molar-refractivity contribution in [3.8, 4) is 0 Å². The van der Waals surface area contributed by atoms with Crippen LogP contribution in [-0.2, 0) is 6.42 Å². The Morgan fingerprint density at radius 2 is 2.20 bits per heavy atom. The van der Waals surface area contributed by atoms with Crippen LogP contribution < -0.4 is 5.32 Å². The number of hydrogen-bond donors (Lipinski definition) is 2. The number of nitrogens with one attached hydrogen (secondary N) is 1. The number of aliphatic hydroxyl groups is 1. The van der Waals surface area contributed by atoms with Crippen LogP contribution in [0.25, 0.3) is 0 Å². The van der Waals surface area contributed by atoms with Gasteiger partial charge in [-0.3, -0.25) is 0 Å². The fourth-order valence-electron chi connectivity index (χ4n) is 1.50. The largest absolute Gasteiger partial charge is 0.391 e. The topological polar surface area (TPSA) is 32.3 Å². The summed E-state index contributed by atoms with van der Waals surface area (Å²) in [7, 11) is 0. The molecule has 0 saturated heterocycles. The van der Waals surface area contributed by atoms with Crippen LogP contribution in [0.4, 0.5) is 0 Å². The van der Waals surface area contributed by atoms with Crippen LogP contribution in [-0.4, -0.2) is 24.3 Å². The van der Waals surface area contributed by atoms with Gasteiger partial charge in [0.1, 0.15) is 0 Å². The lowest BCUT2D eigenvalue weighted by Gasteiger charge is -2.13. The zero-order chi connectivity index (χ0) is 11.3. The summed E-state index contributed by atoms with van der Waals surface area (Å²) in [5, 5.41) is 13.6. The molecule has 0 radical (unpaired) electrons. The number of benzene rings is 1. The molecule has 1 unspecified atom stereocenters. The molecule has 0 bridgehead atoms. The molecule has 0 aliphatic rings. The number of aliphatic hydroxyl groups excluding tert-OH is 1. The Labute approximate surface area is 96.3 Å². The second-order valence-corrected chi connectivity index (χ2v) is 4.17. The number of halogens is 1. The van der Waals surface area contributed by atoms with Gasteiger partial charge in [0.2, 0.25) is 0 Å². The maximum Gasteiger partial charge on any atom is 0.0704 e. The molecular weight excluding hydrogens is 210 g/mol. The average molecular weight is 228 g/mol. The number of likely N-dealkylation sites (N-methyl/N-ethyl adjacent to an activating group) is 1. The van der Waals surface area contributed by atoms with Gasteiger partial charge in [0, 0.05) is 11.6 Å². The number of rotatable bonds is 5. The van der Waals surface area contributed by atoms with Crippen LogP contribution in [0, 0.1) is 6.92 Å². The summed E-state index contributed by atoms with van der Waals surface area (Å²) in [6, 6.07) is 5.78. The van der Waals surface area contributed by atoms with Crippen LogP contribution in [0.2, 0.25) is 5.02 Å². The smallest absolute Gasteiger partial charge is 0.0704 e. The Morgan fingerprint density at radius 1 is 1.47 bits per heavy atom. The molecule has 0 heterocycles. The second-order valence-electron chi connectivity index (χ2n) is 3.74. The fourth-order valence-corrected chi connectivity index (χ4v) is 1.69. The van der Waals surface area contributed by atoms with E-state index in [2.05, 4.69) is 5.32 Å². The first kappa shape index (κ1) is 12.5. The molecule has 0 spiro atoms. The highest BCUT2D eigenvalue weighted by atomic mass is 35.5. The highest BCUT2D eigenvalue weighted by Crippen LogP contribution is 2.16. The molecule has 0 aliphatic heterocycles. The minimum Gasteiger partial charge on any atom is -0.391 e. The van der Waals surface area contributed by atoms with Crippen molar-refractivity contribution < 1.29 is 5.11 Å². The molecule has 1 atom stereocenters. The maximum atomic E-state index is 9.74. The van der Waals surface area contributed by atoms with Crippen LogP contribution in [0.1, 0.15) is 18.1 Å². The summed E-state index contributed by atoms with van der Waals surface area (Å²) < 4.78 is 0. The predicted octanol–water partition coefficient (Wildman–Crippen LogP) is 2.16. The SMILES string of the molecule is CCNCC(O)Cc1cc(Cl)ccc1C. The minimum atomic E-state index is -0.345. The van der Waals surface area contributed by atoms with Crippen molar-refractivity contribution in [1.29, 1.82) is 0 Å². The fraction of sp³-hybridized carbons (Fsp3) is 0.500. The molecular formula is C12H18ClNO. The number of hydrogen-bond acceptors (Lipinski definition) is 2. The van der Waals surface area contributed by atoms with Crippen molar-refractivity contribution >= 4 is 11.6 Å². The lowest BCUT2D eigenvalue weighted by atomic mass is 10.0. The van der Waals surface area contributed by atoms with Gasteiger partial charge >= 0.3 is 0 Å². The molecule has 1 rings (SSSR count).